The lowest BCUT2D eigenvalue weighted by molar-refractivity contribution is -0.120. The van der Waals surface area contributed by atoms with Crippen molar-refractivity contribution in [3.05, 3.63) is 154 Å². The predicted molar refractivity (Wildman–Crippen MR) is 324 cm³/mol. The van der Waals surface area contributed by atoms with Crippen molar-refractivity contribution in [2.24, 2.45) is 23.7 Å². The first kappa shape index (κ1) is 58.6. The molecule has 12 fully saturated rings. The number of piperidine rings is 12. The standard InChI is InChI=1S/C16H19FN4O.C16H20N4O2.C15H16BrFN4.C15H17BrN4O/c1-22-14-4-2-13(3-5-14)21-10-15(18-19-21)16(17)11-20-8-6-12(16)7-9-20;1-22-14-4-2-13(3-5-14)20-10-15(17-18-20)16(21)11-19-8-6-12(16)7-9-19;16-12-1-3-13(4-2-12)21-9-14(18-19-21)15(17)10-20-7-5-11(15)6-8-20;16-12-1-3-13(4-2-12)20-9-14(17-18-20)15(21)10-19-7-5-11(15)6-8-19/h2-5,10,12H,6-9,11H2,1H3;2-5,10,12,21H,6-9,11H2,1H3;1-4,9,11H,5-8,10H2;1-4,9,11,21H,5-8,10H2. The van der Waals surface area contributed by atoms with Crippen LogP contribution in [0.15, 0.2) is 131 Å². The number of benzene rings is 4. The van der Waals surface area contributed by atoms with Gasteiger partial charge in [-0.05, 0) is 213 Å². The molecule has 0 saturated carbocycles. The fourth-order valence-corrected chi connectivity index (χ4v) is 14.8. The van der Waals surface area contributed by atoms with Crippen molar-refractivity contribution >= 4 is 31.9 Å². The molecule has 2 N–H and O–H groups in total. The number of hydrogen-bond donors (Lipinski definition) is 2. The van der Waals surface area contributed by atoms with Crippen LogP contribution >= 0.6 is 31.9 Å². The highest BCUT2D eigenvalue weighted by Crippen LogP contribution is 2.47. The first-order chi connectivity index (χ1) is 41.7. The number of rotatable bonds is 10. The van der Waals surface area contributed by atoms with E-state index in [1.54, 1.807) is 45.3 Å². The third-order valence-electron chi connectivity index (χ3n) is 19.4. The van der Waals surface area contributed by atoms with E-state index in [0.717, 1.165) is 147 Å². The Morgan fingerprint density at radius 2 is 0.640 bits per heavy atom. The number of ether oxygens (including phenoxy) is 2. The van der Waals surface area contributed by atoms with Crippen molar-refractivity contribution in [2.75, 3.05) is 92.8 Å². The number of halogens is 4. The lowest BCUT2D eigenvalue weighted by Gasteiger charge is -2.49. The monoisotopic (exact) mass is 1300 g/mol. The van der Waals surface area contributed by atoms with Gasteiger partial charge in [-0.3, -0.25) is 9.80 Å². The van der Waals surface area contributed by atoms with Gasteiger partial charge < -0.3 is 29.5 Å². The van der Waals surface area contributed by atoms with E-state index in [2.05, 4.69) is 92.7 Å². The number of aromatic nitrogens is 12. The zero-order chi connectivity index (χ0) is 59.2. The zero-order valence-electron chi connectivity index (χ0n) is 48.4. The van der Waals surface area contributed by atoms with Gasteiger partial charge in [-0.2, -0.15) is 0 Å². The Kier molecular flexibility index (Phi) is 16.6. The molecular weight excluding hydrogens is 1230 g/mol. The van der Waals surface area contributed by atoms with Gasteiger partial charge in [0.15, 0.2) is 11.3 Å². The van der Waals surface area contributed by atoms with Crippen LogP contribution in [0.1, 0.15) is 74.1 Å². The molecule has 12 aliphatic heterocycles. The molecule has 4 atom stereocenters. The highest BCUT2D eigenvalue weighted by Gasteiger charge is 2.53. The molecule has 86 heavy (non-hydrogen) atoms. The van der Waals surface area contributed by atoms with E-state index in [0.29, 0.717) is 60.8 Å². The van der Waals surface area contributed by atoms with Gasteiger partial charge in [0.25, 0.3) is 0 Å². The predicted octanol–water partition coefficient (Wildman–Crippen LogP) is 8.22. The molecule has 0 radical (unpaired) electrons. The van der Waals surface area contributed by atoms with Crippen LogP contribution in [0.4, 0.5) is 8.78 Å². The van der Waals surface area contributed by atoms with Crippen LogP contribution in [0.25, 0.3) is 22.7 Å². The summed E-state index contributed by atoms with van der Waals surface area (Å²) in [6.07, 6.45) is 15.0. The first-order valence-corrected chi connectivity index (χ1v) is 31.5. The average Bonchev–Trinajstić information content (AvgIpc) is 1.68. The van der Waals surface area contributed by atoms with E-state index in [-0.39, 0.29) is 11.8 Å². The van der Waals surface area contributed by atoms with Crippen molar-refractivity contribution in [1.82, 2.24) is 79.6 Å². The fourth-order valence-electron chi connectivity index (χ4n) is 14.2. The maximum Gasteiger partial charge on any atom is 0.171 e. The number of nitrogens with zero attached hydrogens (tertiary/aromatic N) is 16. The second-order valence-corrected chi connectivity index (χ2v) is 26.1. The van der Waals surface area contributed by atoms with Gasteiger partial charge in [-0.1, -0.05) is 52.7 Å². The first-order valence-electron chi connectivity index (χ1n) is 29.9. The maximum absolute atomic E-state index is 15.5. The molecule has 4 aromatic carbocycles. The van der Waals surface area contributed by atoms with E-state index in [1.165, 1.54) is 0 Å². The largest absolute Gasteiger partial charge is 0.497 e. The summed E-state index contributed by atoms with van der Waals surface area (Å²) >= 11 is 6.83. The highest BCUT2D eigenvalue weighted by atomic mass is 79.9. The molecule has 0 aliphatic carbocycles. The zero-order valence-corrected chi connectivity index (χ0v) is 51.5. The number of hydrogen-bond acceptors (Lipinski definition) is 16. The maximum atomic E-state index is 15.5. The van der Waals surface area contributed by atoms with Crippen LogP contribution in [0, 0.1) is 23.7 Å². The van der Waals surface area contributed by atoms with E-state index >= 15 is 8.78 Å². The van der Waals surface area contributed by atoms with E-state index < -0.39 is 22.5 Å². The number of alkyl halides is 2. The quantitative estimate of drug-likeness (QED) is 0.133. The van der Waals surface area contributed by atoms with Crippen molar-refractivity contribution in [3.8, 4) is 34.2 Å². The van der Waals surface area contributed by atoms with Gasteiger partial charge in [0, 0.05) is 47.0 Å². The summed E-state index contributed by atoms with van der Waals surface area (Å²) in [5.74, 6) is 2.33. The van der Waals surface area contributed by atoms with E-state index in [9.17, 15) is 10.2 Å². The van der Waals surface area contributed by atoms with Crippen molar-refractivity contribution < 1.29 is 28.5 Å². The molecule has 20 rings (SSSR count). The second kappa shape index (κ2) is 24.3. The Hall–Kier alpha value is -6.38. The summed E-state index contributed by atoms with van der Waals surface area (Å²) in [5.41, 5.74) is 1.49. The van der Waals surface area contributed by atoms with Crippen molar-refractivity contribution in [2.45, 2.75) is 73.9 Å². The Morgan fingerprint density at radius 1 is 0.384 bits per heavy atom. The van der Waals surface area contributed by atoms with Crippen LogP contribution in [-0.2, 0) is 22.5 Å². The highest BCUT2D eigenvalue weighted by molar-refractivity contribution is 9.10. The molecule has 24 heteroatoms. The minimum Gasteiger partial charge on any atom is -0.497 e. The number of fused-ring (bicyclic) bond motifs is 12. The molecule has 0 spiro atoms. The fraction of sp³-hybridized carbons (Fsp3) is 0.484. The summed E-state index contributed by atoms with van der Waals surface area (Å²) in [7, 11) is 3.27. The van der Waals surface area contributed by atoms with Gasteiger partial charge >= 0.3 is 0 Å². The van der Waals surface area contributed by atoms with Crippen molar-refractivity contribution in [3.63, 3.8) is 0 Å². The van der Waals surface area contributed by atoms with Crippen LogP contribution in [-0.4, -0.2) is 183 Å². The average molecular weight is 1300 g/mol. The van der Waals surface area contributed by atoms with E-state index in [1.807, 2.05) is 109 Å². The Labute approximate surface area is 515 Å². The normalized spacial score (nSPS) is 31.0. The molecule has 20 nitrogen and oxygen atoms in total. The second-order valence-electron chi connectivity index (χ2n) is 24.3. The topological polar surface area (TPSA) is 195 Å². The lowest BCUT2D eigenvalue weighted by atomic mass is 9.74. The van der Waals surface area contributed by atoms with Crippen LogP contribution in [0.3, 0.4) is 0 Å². The van der Waals surface area contributed by atoms with Gasteiger partial charge in [-0.15, -0.1) is 20.4 Å². The summed E-state index contributed by atoms with van der Waals surface area (Å²) in [6.45, 7) is 10.6. The van der Waals surface area contributed by atoms with Crippen LogP contribution in [0.2, 0.25) is 0 Å². The molecule has 12 aliphatic rings. The molecule has 12 saturated heterocycles. The molecule has 16 heterocycles. The smallest absolute Gasteiger partial charge is 0.171 e. The number of methoxy groups -OCH3 is 2. The summed E-state index contributed by atoms with van der Waals surface area (Å²) in [4.78, 5) is 9.01. The minimum atomic E-state index is -1.36. The van der Waals surface area contributed by atoms with Crippen LogP contribution in [0.5, 0.6) is 11.5 Å². The molecule has 4 unspecified atom stereocenters. The molecule has 8 bridgehead atoms. The Morgan fingerprint density at radius 3 is 0.895 bits per heavy atom. The summed E-state index contributed by atoms with van der Waals surface area (Å²) < 4.78 is 50.0. The van der Waals surface area contributed by atoms with Gasteiger partial charge in [0.1, 0.15) is 45.5 Å². The molecule has 452 valence electrons. The molecule has 8 aromatic rings. The Balaban J connectivity index is 0.000000106. The third-order valence-corrected chi connectivity index (χ3v) is 20.5. The molecule has 4 aromatic heterocycles. The van der Waals surface area contributed by atoms with Crippen molar-refractivity contribution in [1.29, 1.82) is 0 Å². The number of aliphatic hydroxyl groups is 2. The third kappa shape index (κ3) is 11.7. The molecular formula is C62H72Br2F2N16O4. The SMILES string of the molecule is COc1ccc(-n2cc(C3(F)CN4CCC3CC4)nn2)cc1.COc1ccc(-n2cc(C3(O)CN4CCC3CC4)nn2)cc1.FC1(c2cn(-c3ccc(Br)cc3)nn2)CN2CCC1CC2.OC1(c2cn(-c3ccc(Br)cc3)nn2)CN2CCC1CC2. The lowest BCUT2D eigenvalue weighted by Crippen LogP contribution is -2.57. The van der Waals surface area contributed by atoms with Gasteiger partial charge in [0.05, 0.1) is 61.8 Å². The Bertz CT molecular complexity index is 3330. The van der Waals surface area contributed by atoms with E-state index in [4.69, 9.17) is 9.47 Å². The van der Waals surface area contributed by atoms with Crippen LogP contribution < -0.4 is 9.47 Å². The summed E-state index contributed by atoms with van der Waals surface area (Å²) in [6, 6.07) is 30.8. The molecule has 0 amide bonds. The summed E-state index contributed by atoms with van der Waals surface area (Å²) in [5, 5.41) is 55.5. The minimum absolute atomic E-state index is 0.0681. The van der Waals surface area contributed by atoms with Gasteiger partial charge in [-0.25, -0.2) is 27.5 Å². The van der Waals surface area contributed by atoms with Gasteiger partial charge in [0.2, 0.25) is 0 Å².